The average Bonchev–Trinajstić information content (AvgIpc) is 3.11. The Morgan fingerprint density at radius 1 is 1.38 bits per heavy atom. The number of carbonyl (C=O) groups is 1. The van der Waals surface area contributed by atoms with Crippen LogP contribution in [0.25, 0.3) is 0 Å². The van der Waals surface area contributed by atoms with Gasteiger partial charge in [-0.1, -0.05) is 0 Å². The smallest absolute Gasteiger partial charge is 0.312 e. The molecule has 3 heterocycles. The Kier molecular flexibility index (Phi) is 4.43. The van der Waals surface area contributed by atoms with Gasteiger partial charge in [0.2, 0.25) is 10.0 Å². The molecule has 8 nitrogen and oxygen atoms in total. The minimum Gasteiger partial charge on any atom is -0.481 e. The van der Waals surface area contributed by atoms with Crippen LogP contribution in [0.1, 0.15) is 12.2 Å². The molecule has 2 atom stereocenters. The third-order valence-corrected chi connectivity index (χ3v) is 6.56. The van der Waals surface area contributed by atoms with E-state index in [-0.39, 0.29) is 12.5 Å². The fourth-order valence-corrected chi connectivity index (χ4v) is 4.87. The second-order valence-corrected chi connectivity index (χ2v) is 8.95. The largest absolute Gasteiger partial charge is 0.481 e. The Balaban J connectivity index is 1.61. The molecule has 1 aromatic rings. The molecule has 0 saturated carbocycles. The van der Waals surface area contributed by atoms with Crippen LogP contribution in [0.5, 0.6) is 0 Å². The lowest BCUT2D eigenvalue weighted by atomic mass is 9.81. The molecule has 0 spiro atoms. The van der Waals surface area contributed by atoms with Gasteiger partial charge < -0.3 is 14.6 Å². The van der Waals surface area contributed by atoms with Crippen molar-refractivity contribution in [2.24, 2.45) is 11.3 Å². The predicted molar refractivity (Wildman–Crippen MR) is 88.0 cm³/mol. The molecule has 1 aromatic heterocycles. The van der Waals surface area contributed by atoms with Gasteiger partial charge in [0.15, 0.2) is 0 Å². The summed E-state index contributed by atoms with van der Waals surface area (Å²) in [6.45, 7) is 5.07. The van der Waals surface area contributed by atoms with Crippen molar-refractivity contribution in [2.45, 2.75) is 19.9 Å². The normalized spacial score (nSPS) is 28.3. The minimum atomic E-state index is -3.34. The van der Waals surface area contributed by atoms with Gasteiger partial charge in [0, 0.05) is 51.0 Å². The molecular formula is C15H24N4O4S. The van der Waals surface area contributed by atoms with E-state index in [9.17, 15) is 18.3 Å². The Bertz CT molecular complexity index is 732. The van der Waals surface area contributed by atoms with Crippen LogP contribution in [0.2, 0.25) is 0 Å². The second kappa shape index (κ2) is 6.12. The maximum Gasteiger partial charge on any atom is 0.312 e. The Labute approximate surface area is 142 Å². The second-order valence-electron chi connectivity index (χ2n) is 6.97. The highest BCUT2D eigenvalue weighted by atomic mass is 32.2. The Morgan fingerprint density at radius 3 is 2.67 bits per heavy atom. The van der Waals surface area contributed by atoms with Crippen LogP contribution >= 0.6 is 0 Å². The van der Waals surface area contributed by atoms with Crippen LogP contribution in [-0.2, 0) is 21.4 Å². The molecule has 2 unspecified atom stereocenters. The maximum absolute atomic E-state index is 11.9. The lowest BCUT2D eigenvalue weighted by Crippen LogP contribution is -2.42. The molecule has 2 aliphatic rings. The molecule has 2 aliphatic heterocycles. The van der Waals surface area contributed by atoms with E-state index in [2.05, 4.69) is 14.5 Å². The zero-order valence-corrected chi connectivity index (χ0v) is 14.9. The van der Waals surface area contributed by atoms with Gasteiger partial charge in [0.05, 0.1) is 11.7 Å². The number of carboxylic acids is 1. The van der Waals surface area contributed by atoms with Gasteiger partial charge in [-0.25, -0.2) is 17.7 Å². The van der Waals surface area contributed by atoms with Gasteiger partial charge in [-0.3, -0.25) is 4.79 Å². The number of aryl methyl sites for hydroxylation is 2. The number of hydrogen-bond acceptors (Lipinski definition) is 5. The molecule has 0 amide bonds. The van der Waals surface area contributed by atoms with Gasteiger partial charge in [0.1, 0.15) is 5.82 Å². The first-order valence-electron chi connectivity index (χ1n) is 8.11. The number of imidazole rings is 1. The Morgan fingerprint density at radius 2 is 2.12 bits per heavy atom. The monoisotopic (exact) mass is 356 g/mol. The van der Waals surface area contributed by atoms with E-state index in [4.69, 9.17) is 0 Å². The molecule has 9 heteroatoms. The van der Waals surface area contributed by atoms with E-state index < -0.39 is 21.4 Å². The van der Waals surface area contributed by atoms with Gasteiger partial charge in [-0.15, -0.1) is 0 Å². The molecular weight excluding hydrogens is 332 g/mol. The van der Waals surface area contributed by atoms with E-state index in [0.717, 1.165) is 31.6 Å². The van der Waals surface area contributed by atoms with E-state index in [1.807, 2.05) is 13.1 Å². The molecule has 0 aromatic carbocycles. The molecule has 24 heavy (non-hydrogen) atoms. The average molecular weight is 356 g/mol. The summed E-state index contributed by atoms with van der Waals surface area (Å²) in [5.74, 6) is -0.0506. The van der Waals surface area contributed by atoms with Gasteiger partial charge in [-0.2, -0.15) is 0 Å². The van der Waals surface area contributed by atoms with Crippen molar-refractivity contribution in [3.63, 3.8) is 0 Å². The lowest BCUT2D eigenvalue weighted by molar-refractivity contribution is -0.148. The highest BCUT2D eigenvalue weighted by Crippen LogP contribution is 2.43. The summed E-state index contributed by atoms with van der Waals surface area (Å²) in [6.07, 6.45) is 5.77. The number of hydrogen-bond donors (Lipinski definition) is 1. The Hall–Kier alpha value is -1.45. The van der Waals surface area contributed by atoms with Gasteiger partial charge in [-0.05, 0) is 19.9 Å². The van der Waals surface area contributed by atoms with Crippen LogP contribution in [0.3, 0.4) is 0 Å². The number of aliphatic carboxylic acids is 1. The molecule has 2 saturated heterocycles. The van der Waals surface area contributed by atoms with E-state index >= 15 is 0 Å². The first-order chi connectivity index (χ1) is 11.2. The van der Waals surface area contributed by atoms with Crippen molar-refractivity contribution >= 4 is 16.0 Å². The third-order valence-electron chi connectivity index (χ3n) is 5.34. The SMILES string of the molecule is Cc1nccn1CCCN1CC2CN(S(C)(=O)=O)CC2(C(=O)O)C1. The zero-order chi connectivity index (χ0) is 17.5. The zero-order valence-electron chi connectivity index (χ0n) is 14.1. The molecule has 1 N–H and O–H groups in total. The molecule has 134 valence electrons. The standard InChI is InChI=1S/C15H24N4O4S/c1-12-16-4-7-18(12)6-3-5-17-8-13-9-19(24(2,22)23)11-15(13,10-17)14(20)21/h4,7,13H,3,5-6,8-11H2,1-2H3,(H,20,21). The van der Waals surface area contributed by atoms with E-state index in [1.54, 1.807) is 6.20 Å². The van der Waals surface area contributed by atoms with Gasteiger partial charge >= 0.3 is 5.97 Å². The summed E-state index contributed by atoms with van der Waals surface area (Å²) >= 11 is 0. The van der Waals surface area contributed by atoms with Crippen molar-refractivity contribution in [2.75, 3.05) is 39.0 Å². The molecule has 2 fully saturated rings. The number of fused-ring (bicyclic) bond motifs is 1. The first-order valence-corrected chi connectivity index (χ1v) is 9.96. The maximum atomic E-state index is 11.9. The van der Waals surface area contributed by atoms with Crippen molar-refractivity contribution in [3.05, 3.63) is 18.2 Å². The highest BCUT2D eigenvalue weighted by Gasteiger charge is 2.58. The molecule has 0 radical (unpaired) electrons. The number of sulfonamides is 1. The number of aromatic nitrogens is 2. The minimum absolute atomic E-state index is 0.0863. The summed E-state index contributed by atoms with van der Waals surface area (Å²) in [5.41, 5.74) is -0.964. The highest BCUT2D eigenvalue weighted by molar-refractivity contribution is 7.88. The predicted octanol–water partition coefficient (Wildman–Crippen LogP) is -0.140. The van der Waals surface area contributed by atoms with Crippen molar-refractivity contribution in [1.29, 1.82) is 0 Å². The topological polar surface area (TPSA) is 95.7 Å². The van der Waals surface area contributed by atoms with Crippen LogP contribution in [0.4, 0.5) is 0 Å². The first kappa shape index (κ1) is 17.4. The number of rotatable bonds is 6. The third kappa shape index (κ3) is 3.07. The van der Waals surface area contributed by atoms with Crippen molar-refractivity contribution in [1.82, 2.24) is 18.8 Å². The molecule has 3 rings (SSSR count). The summed E-state index contributed by atoms with van der Waals surface area (Å²) in [6, 6.07) is 0. The summed E-state index contributed by atoms with van der Waals surface area (Å²) in [5, 5.41) is 9.73. The number of carboxylic acid groups (broad SMARTS) is 1. The van der Waals surface area contributed by atoms with Crippen LogP contribution in [0, 0.1) is 18.3 Å². The molecule has 0 aliphatic carbocycles. The van der Waals surface area contributed by atoms with Crippen LogP contribution < -0.4 is 0 Å². The fraction of sp³-hybridized carbons (Fsp3) is 0.733. The number of nitrogens with zero attached hydrogens (tertiary/aromatic N) is 4. The number of likely N-dealkylation sites (tertiary alicyclic amines) is 1. The summed E-state index contributed by atoms with van der Waals surface area (Å²) in [4.78, 5) is 18.2. The summed E-state index contributed by atoms with van der Waals surface area (Å²) < 4.78 is 26.9. The van der Waals surface area contributed by atoms with Crippen LogP contribution in [0.15, 0.2) is 12.4 Å². The van der Waals surface area contributed by atoms with E-state index in [1.165, 1.54) is 4.31 Å². The quantitative estimate of drug-likeness (QED) is 0.762. The van der Waals surface area contributed by atoms with Crippen molar-refractivity contribution < 1.29 is 18.3 Å². The van der Waals surface area contributed by atoms with Crippen molar-refractivity contribution in [3.8, 4) is 0 Å². The lowest BCUT2D eigenvalue weighted by Gasteiger charge is -2.24. The summed E-state index contributed by atoms with van der Waals surface area (Å²) in [7, 11) is -3.34. The van der Waals surface area contributed by atoms with E-state index in [0.29, 0.717) is 19.6 Å². The molecule has 0 bridgehead atoms. The van der Waals surface area contributed by atoms with Crippen LogP contribution in [-0.4, -0.2) is 77.2 Å². The fourth-order valence-electron chi connectivity index (χ4n) is 3.95. The van der Waals surface area contributed by atoms with Gasteiger partial charge in [0.25, 0.3) is 0 Å².